The van der Waals surface area contributed by atoms with Gasteiger partial charge < -0.3 is 5.11 Å². The molecule has 1 atom stereocenters. The molecule has 0 saturated carbocycles. The first-order valence-electron chi connectivity index (χ1n) is 6.88. The molecule has 1 N–H and O–H groups in total. The second kappa shape index (κ2) is 7.27. The van der Waals surface area contributed by atoms with Crippen LogP contribution >= 0.6 is 11.6 Å². The summed E-state index contributed by atoms with van der Waals surface area (Å²) >= 11 is 5.72. The molecule has 0 spiro atoms. The fourth-order valence-corrected chi connectivity index (χ4v) is 4.20. The first-order chi connectivity index (χ1) is 11.2. The first-order valence-corrected chi connectivity index (χ1v) is 8.80. The van der Waals surface area contributed by atoms with Gasteiger partial charge in [-0.15, -0.1) is 0 Å². The molecule has 2 aromatic rings. The number of hydrogen-bond acceptors (Lipinski definition) is 3. The number of sulfone groups is 1. The monoisotopic (exact) mass is 374 g/mol. The SMILES string of the molecule is O=C(O)CCC(c1cc(F)ccc1F)S(=O)(=O)c1ccc(Cl)cc1. The number of carbonyl (C=O) groups is 1. The third-order valence-corrected chi connectivity index (χ3v) is 5.86. The van der Waals surface area contributed by atoms with Crippen molar-refractivity contribution in [2.75, 3.05) is 0 Å². The predicted octanol–water partition coefficient (Wildman–Crippen LogP) is 4.00. The molecule has 1 unspecified atom stereocenters. The van der Waals surface area contributed by atoms with Crippen LogP contribution in [0.3, 0.4) is 0 Å². The van der Waals surface area contributed by atoms with Gasteiger partial charge in [0.15, 0.2) is 9.84 Å². The summed E-state index contributed by atoms with van der Waals surface area (Å²) in [6, 6.07) is 7.63. The van der Waals surface area contributed by atoms with Crippen LogP contribution < -0.4 is 0 Å². The Morgan fingerprint density at radius 2 is 1.75 bits per heavy atom. The second-order valence-electron chi connectivity index (χ2n) is 5.09. The smallest absolute Gasteiger partial charge is 0.303 e. The van der Waals surface area contributed by atoms with E-state index in [0.717, 1.165) is 18.2 Å². The van der Waals surface area contributed by atoms with Gasteiger partial charge in [0.25, 0.3) is 0 Å². The molecule has 0 saturated heterocycles. The highest BCUT2D eigenvalue weighted by Crippen LogP contribution is 2.35. The quantitative estimate of drug-likeness (QED) is 0.829. The topological polar surface area (TPSA) is 71.4 Å². The van der Waals surface area contributed by atoms with Crippen molar-refractivity contribution in [1.82, 2.24) is 0 Å². The summed E-state index contributed by atoms with van der Waals surface area (Å²) in [6.45, 7) is 0. The van der Waals surface area contributed by atoms with Gasteiger partial charge in [-0.1, -0.05) is 11.6 Å². The largest absolute Gasteiger partial charge is 0.481 e. The Bertz CT molecular complexity index is 851. The first kappa shape index (κ1) is 18.4. The van der Waals surface area contributed by atoms with E-state index < -0.39 is 44.7 Å². The van der Waals surface area contributed by atoms with Crippen LogP contribution in [-0.2, 0) is 14.6 Å². The maximum atomic E-state index is 14.1. The molecule has 0 aromatic heterocycles. The van der Waals surface area contributed by atoms with Gasteiger partial charge in [0.05, 0.1) is 10.1 Å². The van der Waals surface area contributed by atoms with Gasteiger partial charge in [-0.2, -0.15) is 0 Å². The van der Waals surface area contributed by atoms with Crippen molar-refractivity contribution in [3.63, 3.8) is 0 Å². The standard InChI is InChI=1S/C16H13ClF2O4S/c17-10-1-4-12(5-2-10)24(22,23)15(7-8-16(20)21)13-9-11(18)3-6-14(13)19/h1-6,9,15H,7-8H2,(H,20,21). The third kappa shape index (κ3) is 4.10. The molecule has 0 radical (unpaired) electrons. The summed E-state index contributed by atoms with van der Waals surface area (Å²) < 4.78 is 53.1. The van der Waals surface area contributed by atoms with Gasteiger partial charge in [-0.25, -0.2) is 17.2 Å². The Balaban J connectivity index is 2.54. The van der Waals surface area contributed by atoms with Crippen molar-refractivity contribution < 1.29 is 27.1 Å². The summed E-state index contributed by atoms with van der Waals surface area (Å²) in [7, 11) is -4.13. The molecule has 8 heteroatoms. The molecular weight excluding hydrogens is 362 g/mol. The van der Waals surface area contributed by atoms with Gasteiger partial charge in [0.1, 0.15) is 11.6 Å². The van der Waals surface area contributed by atoms with Crippen molar-refractivity contribution in [2.24, 2.45) is 0 Å². The van der Waals surface area contributed by atoms with Crippen LogP contribution in [0.25, 0.3) is 0 Å². The van der Waals surface area contributed by atoms with E-state index in [1.165, 1.54) is 24.3 Å². The lowest BCUT2D eigenvalue weighted by Gasteiger charge is -2.18. The van der Waals surface area contributed by atoms with Crippen LogP contribution in [0.2, 0.25) is 5.02 Å². The van der Waals surface area contributed by atoms with Gasteiger partial charge in [-0.05, 0) is 48.9 Å². The van der Waals surface area contributed by atoms with Gasteiger partial charge in [-0.3, -0.25) is 4.79 Å². The van der Waals surface area contributed by atoms with E-state index in [2.05, 4.69) is 0 Å². The van der Waals surface area contributed by atoms with E-state index >= 15 is 0 Å². The number of carboxylic acids is 1. The maximum absolute atomic E-state index is 14.1. The molecule has 2 rings (SSSR count). The zero-order valence-electron chi connectivity index (χ0n) is 12.2. The van der Waals surface area contributed by atoms with Gasteiger partial charge >= 0.3 is 5.97 Å². The maximum Gasteiger partial charge on any atom is 0.303 e. The van der Waals surface area contributed by atoms with Crippen LogP contribution in [0, 0.1) is 11.6 Å². The highest BCUT2D eigenvalue weighted by molar-refractivity contribution is 7.91. The molecule has 0 aliphatic carbocycles. The number of rotatable bonds is 6. The highest BCUT2D eigenvalue weighted by atomic mass is 35.5. The van der Waals surface area contributed by atoms with Crippen molar-refractivity contribution in [1.29, 1.82) is 0 Å². The van der Waals surface area contributed by atoms with Crippen molar-refractivity contribution >= 4 is 27.4 Å². The zero-order valence-corrected chi connectivity index (χ0v) is 13.8. The average molecular weight is 375 g/mol. The van der Waals surface area contributed by atoms with E-state index in [9.17, 15) is 22.0 Å². The van der Waals surface area contributed by atoms with Crippen LogP contribution in [-0.4, -0.2) is 19.5 Å². The fraction of sp³-hybridized carbons (Fsp3) is 0.188. The summed E-state index contributed by atoms with van der Waals surface area (Å²) in [5, 5.41) is 7.62. The summed E-state index contributed by atoms with van der Waals surface area (Å²) in [6.07, 6.45) is -0.895. The summed E-state index contributed by atoms with van der Waals surface area (Å²) in [5.74, 6) is -2.95. The Kier molecular flexibility index (Phi) is 5.56. The van der Waals surface area contributed by atoms with Gasteiger partial charge in [0.2, 0.25) is 0 Å². The van der Waals surface area contributed by atoms with Crippen molar-refractivity contribution in [3.8, 4) is 0 Å². The number of hydrogen-bond donors (Lipinski definition) is 1. The molecule has 4 nitrogen and oxygen atoms in total. The van der Waals surface area contributed by atoms with E-state index in [1.807, 2.05) is 0 Å². The normalized spacial score (nSPS) is 12.8. The molecule has 2 aromatic carbocycles. The van der Waals surface area contributed by atoms with Crippen LogP contribution in [0.15, 0.2) is 47.4 Å². The molecule has 0 aliphatic heterocycles. The summed E-state index contributed by atoms with van der Waals surface area (Å²) in [4.78, 5) is 10.7. The Hall–Kier alpha value is -1.99. The second-order valence-corrected chi connectivity index (χ2v) is 7.65. The van der Waals surface area contributed by atoms with E-state index in [4.69, 9.17) is 16.7 Å². The lowest BCUT2D eigenvalue weighted by molar-refractivity contribution is -0.137. The molecular formula is C16H13ClF2O4S. The van der Waals surface area contributed by atoms with Crippen molar-refractivity contribution in [2.45, 2.75) is 23.0 Å². The van der Waals surface area contributed by atoms with E-state index in [-0.39, 0.29) is 11.3 Å². The van der Waals surface area contributed by atoms with E-state index in [1.54, 1.807) is 0 Å². The van der Waals surface area contributed by atoms with Crippen LogP contribution in [0.5, 0.6) is 0 Å². The van der Waals surface area contributed by atoms with E-state index in [0.29, 0.717) is 5.02 Å². The number of aliphatic carboxylic acids is 1. The predicted molar refractivity (Wildman–Crippen MR) is 84.6 cm³/mol. The fourth-order valence-electron chi connectivity index (χ4n) is 2.28. The third-order valence-electron chi connectivity index (χ3n) is 3.44. The molecule has 24 heavy (non-hydrogen) atoms. The molecule has 0 fully saturated rings. The lowest BCUT2D eigenvalue weighted by atomic mass is 10.1. The Morgan fingerprint density at radius 3 is 2.33 bits per heavy atom. The number of halogens is 3. The minimum atomic E-state index is -4.13. The molecule has 0 heterocycles. The Labute approximate surface area is 142 Å². The average Bonchev–Trinajstić information content (AvgIpc) is 2.50. The minimum Gasteiger partial charge on any atom is -0.481 e. The number of benzene rings is 2. The van der Waals surface area contributed by atoms with Crippen LogP contribution in [0.1, 0.15) is 23.7 Å². The molecule has 0 aliphatic rings. The highest BCUT2D eigenvalue weighted by Gasteiger charge is 2.32. The van der Waals surface area contributed by atoms with Gasteiger partial charge in [0, 0.05) is 17.0 Å². The Morgan fingerprint density at radius 1 is 1.12 bits per heavy atom. The lowest BCUT2D eigenvalue weighted by Crippen LogP contribution is -2.17. The van der Waals surface area contributed by atoms with Crippen molar-refractivity contribution in [3.05, 3.63) is 64.7 Å². The molecule has 0 bridgehead atoms. The molecule has 0 amide bonds. The minimum absolute atomic E-state index is 0.147. The number of carboxylic acid groups (broad SMARTS) is 1. The summed E-state index contributed by atoms with van der Waals surface area (Å²) in [5.41, 5.74) is -0.397. The zero-order chi connectivity index (χ0) is 17.9. The molecule has 128 valence electrons. The van der Waals surface area contributed by atoms with Crippen LogP contribution in [0.4, 0.5) is 8.78 Å².